The van der Waals surface area contributed by atoms with E-state index in [-0.39, 0.29) is 42.9 Å². The number of para-hydroxylation sites is 2. The highest BCUT2D eigenvalue weighted by molar-refractivity contribution is 6.05. The Morgan fingerprint density at radius 1 is 1.27 bits per heavy atom. The number of carbonyl (C=O) groups excluding carboxylic acids is 3. The fraction of sp³-hybridized carbons (Fsp3) is 0.500. The minimum atomic E-state index is -0.421. The van der Waals surface area contributed by atoms with Crippen LogP contribution in [0.1, 0.15) is 13.3 Å². The van der Waals surface area contributed by atoms with Gasteiger partial charge in [0, 0.05) is 13.6 Å². The minimum absolute atomic E-state index is 0.112. The van der Waals surface area contributed by atoms with E-state index in [1.165, 1.54) is 4.90 Å². The average Bonchev–Trinajstić information content (AvgIpc) is 2.88. The first-order valence-electron chi connectivity index (χ1n) is 8.68. The summed E-state index contributed by atoms with van der Waals surface area (Å²) in [7, 11) is 3.65. The fourth-order valence-corrected chi connectivity index (χ4v) is 3.40. The van der Waals surface area contributed by atoms with Gasteiger partial charge in [0.15, 0.2) is 0 Å². The monoisotopic (exact) mass is 360 g/mol. The molecule has 8 nitrogen and oxygen atoms in total. The van der Waals surface area contributed by atoms with Crippen LogP contribution in [0.15, 0.2) is 24.3 Å². The molecule has 2 heterocycles. The van der Waals surface area contributed by atoms with Crippen molar-refractivity contribution in [2.24, 2.45) is 0 Å². The van der Waals surface area contributed by atoms with Crippen LogP contribution in [0.2, 0.25) is 0 Å². The van der Waals surface area contributed by atoms with Crippen molar-refractivity contribution >= 4 is 29.2 Å². The van der Waals surface area contributed by atoms with Crippen molar-refractivity contribution in [2.75, 3.05) is 37.0 Å². The number of ether oxygens (including phenoxy) is 1. The first-order chi connectivity index (χ1) is 12.4. The molecule has 1 unspecified atom stereocenters. The number of esters is 1. The van der Waals surface area contributed by atoms with E-state index in [9.17, 15) is 14.4 Å². The molecular formula is C18H24N4O4. The number of nitrogens with zero attached hydrogens (tertiary/aromatic N) is 2. The second-order valence-electron chi connectivity index (χ2n) is 6.71. The summed E-state index contributed by atoms with van der Waals surface area (Å²) >= 11 is 0. The summed E-state index contributed by atoms with van der Waals surface area (Å²) < 4.78 is 5.06. The Labute approximate surface area is 152 Å². The van der Waals surface area contributed by atoms with E-state index >= 15 is 0 Å². The molecule has 3 rings (SSSR count). The largest absolute Gasteiger partial charge is 0.460 e. The lowest BCUT2D eigenvalue weighted by Gasteiger charge is -2.25. The molecule has 2 aliphatic heterocycles. The lowest BCUT2D eigenvalue weighted by molar-refractivity contribution is -0.141. The van der Waals surface area contributed by atoms with Crippen LogP contribution in [0, 0.1) is 0 Å². The molecule has 1 aromatic rings. The highest BCUT2D eigenvalue weighted by atomic mass is 16.6. The highest BCUT2D eigenvalue weighted by Crippen LogP contribution is 2.31. The molecule has 2 N–H and O–H groups in total. The topological polar surface area (TPSA) is 91.0 Å². The van der Waals surface area contributed by atoms with Crippen LogP contribution in [-0.4, -0.2) is 63.2 Å². The van der Waals surface area contributed by atoms with E-state index in [1.807, 2.05) is 36.2 Å². The number of hydrogen-bond acceptors (Lipinski definition) is 6. The average molecular weight is 360 g/mol. The van der Waals surface area contributed by atoms with E-state index in [4.69, 9.17) is 4.74 Å². The molecule has 0 saturated carbocycles. The first kappa shape index (κ1) is 18.2. The van der Waals surface area contributed by atoms with E-state index in [0.717, 1.165) is 5.69 Å². The Bertz CT molecular complexity index is 723. The van der Waals surface area contributed by atoms with Crippen LogP contribution < -0.4 is 20.4 Å². The molecule has 0 aliphatic carbocycles. The maximum Gasteiger partial charge on any atom is 0.308 e. The van der Waals surface area contributed by atoms with Gasteiger partial charge in [-0.25, -0.2) is 0 Å². The Morgan fingerprint density at radius 3 is 2.58 bits per heavy atom. The van der Waals surface area contributed by atoms with Crippen LogP contribution in [0.25, 0.3) is 0 Å². The second kappa shape index (κ2) is 7.33. The van der Waals surface area contributed by atoms with Gasteiger partial charge in [-0.1, -0.05) is 12.1 Å². The Balaban J connectivity index is 1.81. The summed E-state index contributed by atoms with van der Waals surface area (Å²) in [5.74, 6) is -0.801. The van der Waals surface area contributed by atoms with Gasteiger partial charge in [-0.2, -0.15) is 0 Å². The normalized spacial score (nSPS) is 25.6. The molecule has 0 aromatic heterocycles. The Hall–Kier alpha value is -2.61. The molecule has 2 amide bonds. The number of carbonyl (C=O) groups is 3. The maximum atomic E-state index is 13.0. The summed E-state index contributed by atoms with van der Waals surface area (Å²) in [6.45, 7) is 2.14. The van der Waals surface area contributed by atoms with Crippen molar-refractivity contribution in [3.05, 3.63) is 24.3 Å². The van der Waals surface area contributed by atoms with Gasteiger partial charge in [0.05, 0.1) is 23.8 Å². The van der Waals surface area contributed by atoms with Crippen LogP contribution >= 0.6 is 0 Å². The van der Waals surface area contributed by atoms with Crippen LogP contribution in [0.3, 0.4) is 0 Å². The molecule has 1 saturated heterocycles. The standard InChI is InChI=1S/C18H24N4O4/c1-11-12(8-17(24)26-11)20-16(23)10-22-15-7-5-4-6-14(15)21(3)9-13(19-2)18(22)25/h4-7,11-13,19H,8-10H2,1-3H3,(H,20,23)/t11?,12-,13-/m0/s1. The molecule has 0 radical (unpaired) electrons. The third-order valence-electron chi connectivity index (χ3n) is 4.87. The quantitative estimate of drug-likeness (QED) is 0.728. The third-order valence-corrected chi connectivity index (χ3v) is 4.87. The number of hydrogen-bond donors (Lipinski definition) is 2. The van der Waals surface area contributed by atoms with Crippen molar-refractivity contribution in [2.45, 2.75) is 31.5 Å². The predicted molar refractivity (Wildman–Crippen MR) is 97.0 cm³/mol. The van der Waals surface area contributed by atoms with Gasteiger partial charge in [-0.3, -0.25) is 19.3 Å². The molecule has 1 aromatic carbocycles. The van der Waals surface area contributed by atoms with E-state index < -0.39 is 6.04 Å². The number of amides is 2. The first-order valence-corrected chi connectivity index (χ1v) is 8.68. The predicted octanol–water partition coefficient (Wildman–Crippen LogP) is -0.122. The van der Waals surface area contributed by atoms with Crippen LogP contribution in [-0.2, 0) is 19.1 Å². The lowest BCUT2D eigenvalue weighted by Crippen LogP contribution is -2.52. The number of fused-ring (bicyclic) bond motifs is 1. The van der Waals surface area contributed by atoms with E-state index in [0.29, 0.717) is 12.2 Å². The van der Waals surface area contributed by atoms with Crippen molar-refractivity contribution < 1.29 is 19.1 Å². The zero-order chi connectivity index (χ0) is 18.8. The van der Waals surface area contributed by atoms with E-state index in [2.05, 4.69) is 10.6 Å². The van der Waals surface area contributed by atoms with Crippen molar-refractivity contribution in [3.8, 4) is 0 Å². The minimum Gasteiger partial charge on any atom is -0.460 e. The number of nitrogens with one attached hydrogen (secondary N) is 2. The number of likely N-dealkylation sites (N-methyl/N-ethyl adjacent to an activating group) is 2. The summed E-state index contributed by atoms with van der Waals surface area (Å²) in [6, 6.07) is 6.72. The van der Waals surface area contributed by atoms with Crippen molar-refractivity contribution in [1.82, 2.24) is 10.6 Å². The maximum absolute atomic E-state index is 13.0. The second-order valence-corrected chi connectivity index (χ2v) is 6.71. The van der Waals surface area contributed by atoms with Gasteiger partial charge in [-0.15, -0.1) is 0 Å². The molecule has 0 spiro atoms. The van der Waals surface area contributed by atoms with Gasteiger partial charge >= 0.3 is 5.97 Å². The SMILES string of the molecule is CN[C@H]1CN(C)c2ccccc2N(CC(=O)N[C@H]2CC(=O)OC2C)C1=O. The zero-order valence-corrected chi connectivity index (χ0v) is 15.2. The van der Waals surface area contributed by atoms with Gasteiger partial charge in [0.1, 0.15) is 18.7 Å². The highest BCUT2D eigenvalue weighted by Gasteiger charge is 2.35. The van der Waals surface area contributed by atoms with E-state index in [1.54, 1.807) is 14.0 Å². The van der Waals surface area contributed by atoms with Gasteiger partial charge in [0.25, 0.3) is 0 Å². The summed E-state index contributed by atoms with van der Waals surface area (Å²) in [6.07, 6.45) is -0.214. The summed E-state index contributed by atoms with van der Waals surface area (Å²) in [5.41, 5.74) is 1.58. The molecule has 2 aliphatic rings. The number of cyclic esters (lactones) is 1. The van der Waals surface area contributed by atoms with Gasteiger partial charge < -0.3 is 20.3 Å². The molecule has 0 bridgehead atoms. The van der Waals surface area contributed by atoms with Crippen molar-refractivity contribution in [1.29, 1.82) is 0 Å². The van der Waals surface area contributed by atoms with Crippen LogP contribution in [0.5, 0.6) is 0 Å². The summed E-state index contributed by atoms with van der Waals surface area (Å²) in [5, 5.41) is 5.83. The van der Waals surface area contributed by atoms with Crippen molar-refractivity contribution in [3.63, 3.8) is 0 Å². The smallest absolute Gasteiger partial charge is 0.308 e. The number of anilines is 2. The van der Waals surface area contributed by atoms with Gasteiger partial charge in [-0.05, 0) is 26.1 Å². The molecular weight excluding hydrogens is 336 g/mol. The molecule has 8 heteroatoms. The third kappa shape index (κ3) is 3.50. The molecule has 26 heavy (non-hydrogen) atoms. The van der Waals surface area contributed by atoms with Crippen LogP contribution in [0.4, 0.5) is 11.4 Å². The Kier molecular flexibility index (Phi) is 5.13. The summed E-state index contributed by atoms with van der Waals surface area (Å²) in [4.78, 5) is 40.4. The molecule has 1 fully saturated rings. The zero-order valence-electron chi connectivity index (χ0n) is 15.2. The number of rotatable bonds is 4. The fourth-order valence-electron chi connectivity index (χ4n) is 3.40. The Morgan fingerprint density at radius 2 is 1.96 bits per heavy atom. The molecule has 3 atom stereocenters. The number of benzene rings is 1. The lowest BCUT2D eigenvalue weighted by atomic mass is 10.1. The molecule has 140 valence electrons. The van der Waals surface area contributed by atoms with Gasteiger partial charge in [0.2, 0.25) is 11.8 Å².